The molecule has 4 heterocycles. The molecule has 5 rings (SSSR count). The van der Waals surface area contributed by atoms with Gasteiger partial charge in [0.1, 0.15) is 24.5 Å². The zero-order chi connectivity index (χ0) is 19.4. The van der Waals surface area contributed by atoms with Gasteiger partial charge in [-0.2, -0.15) is 0 Å². The van der Waals surface area contributed by atoms with E-state index >= 15 is 0 Å². The maximum absolute atomic E-state index is 11.0. The van der Waals surface area contributed by atoms with E-state index in [1.54, 1.807) is 0 Å². The number of aliphatic hydroxyl groups is 3. The highest BCUT2D eigenvalue weighted by Gasteiger charge is 2.54. The molecular weight excluding hydrogens is 364 g/mol. The third kappa shape index (κ3) is 3.21. The van der Waals surface area contributed by atoms with Gasteiger partial charge in [-0.1, -0.05) is 0 Å². The van der Waals surface area contributed by atoms with E-state index in [9.17, 15) is 15.3 Å². The van der Waals surface area contributed by atoms with Crippen molar-refractivity contribution in [2.75, 3.05) is 19.8 Å². The summed E-state index contributed by atoms with van der Waals surface area (Å²) in [5.41, 5.74) is 6.18. The normalized spacial score (nSPS) is 53.1. The first-order valence-corrected chi connectivity index (χ1v) is 10.8. The number of rotatable bonds is 3. The zero-order valence-electron chi connectivity index (χ0n) is 16.2. The Hall–Kier alpha value is -0.360. The Morgan fingerprint density at radius 1 is 1.07 bits per heavy atom. The van der Waals surface area contributed by atoms with Crippen molar-refractivity contribution in [2.45, 2.75) is 81.2 Å². The predicted molar refractivity (Wildman–Crippen MR) is 99.6 cm³/mol. The highest BCUT2D eigenvalue weighted by atomic mass is 16.6. The highest BCUT2D eigenvalue weighted by Crippen LogP contribution is 2.41. The first-order valence-electron chi connectivity index (χ1n) is 10.8. The number of nitrogens with one attached hydrogen (secondary N) is 2. The number of nitrogens with zero attached hydrogens (tertiary/aromatic N) is 1. The second-order valence-corrected chi connectivity index (χ2v) is 9.24. The fraction of sp³-hybridized carbons (Fsp3) is 1.00. The molecule has 0 amide bonds. The quantitative estimate of drug-likeness (QED) is 0.322. The van der Waals surface area contributed by atoms with Gasteiger partial charge in [0, 0.05) is 25.7 Å². The molecule has 9 heteroatoms. The molecule has 160 valence electrons. The summed E-state index contributed by atoms with van der Waals surface area (Å²) < 4.78 is 11.9. The minimum Gasteiger partial charge on any atom is -0.390 e. The van der Waals surface area contributed by atoms with Gasteiger partial charge in [0.05, 0.1) is 24.5 Å². The molecule has 0 aromatic heterocycles. The molecule has 1 aliphatic carbocycles. The summed E-state index contributed by atoms with van der Waals surface area (Å²) in [4.78, 5) is 2.06. The summed E-state index contributed by atoms with van der Waals surface area (Å²) in [6.07, 6.45) is 0.513. The molecular formula is C19H34N4O5. The van der Waals surface area contributed by atoms with Crippen LogP contribution in [0, 0.1) is 17.8 Å². The van der Waals surface area contributed by atoms with Crippen LogP contribution < -0.4 is 16.4 Å². The SMILES string of the molecule is NC1NCNC2C1CCN2[C@@H]1O[C@H]([C@H](O)C2CCC3CCOC3C2)[C@@H](O)[C@H]1O. The summed E-state index contributed by atoms with van der Waals surface area (Å²) in [6, 6.07) is 0. The van der Waals surface area contributed by atoms with Crippen LogP contribution in [0.4, 0.5) is 0 Å². The van der Waals surface area contributed by atoms with Crippen LogP contribution in [0.5, 0.6) is 0 Å². The van der Waals surface area contributed by atoms with Crippen LogP contribution in [0.2, 0.25) is 0 Å². The van der Waals surface area contributed by atoms with E-state index in [2.05, 4.69) is 15.5 Å². The van der Waals surface area contributed by atoms with Crippen LogP contribution >= 0.6 is 0 Å². The molecule has 6 unspecified atom stereocenters. The van der Waals surface area contributed by atoms with Gasteiger partial charge in [0.25, 0.3) is 0 Å². The topological polar surface area (TPSA) is 132 Å². The predicted octanol–water partition coefficient (Wildman–Crippen LogP) is -1.92. The van der Waals surface area contributed by atoms with Crippen LogP contribution in [0.1, 0.15) is 32.1 Å². The van der Waals surface area contributed by atoms with Gasteiger partial charge in [-0.05, 0) is 43.9 Å². The lowest BCUT2D eigenvalue weighted by molar-refractivity contribution is -0.141. The lowest BCUT2D eigenvalue weighted by Gasteiger charge is -2.39. The van der Waals surface area contributed by atoms with Crippen molar-refractivity contribution in [3.05, 3.63) is 0 Å². The number of likely N-dealkylation sites (tertiary alicyclic amines) is 1. The van der Waals surface area contributed by atoms with Gasteiger partial charge >= 0.3 is 0 Å². The van der Waals surface area contributed by atoms with Gasteiger partial charge in [0.15, 0.2) is 0 Å². The van der Waals surface area contributed by atoms with E-state index in [0.29, 0.717) is 12.6 Å². The van der Waals surface area contributed by atoms with Crippen molar-refractivity contribution in [1.29, 1.82) is 0 Å². The number of fused-ring (bicyclic) bond motifs is 2. The molecule has 0 bridgehead atoms. The summed E-state index contributed by atoms with van der Waals surface area (Å²) in [7, 11) is 0. The molecule has 9 nitrogen and oxygen atoms in total. The Morgan fingerprint density at radius 2 is 1.93 bits per heavy atom. The van der Waals surface area contributed by atoms with E-state index in [0.717, 1.165) is 45.3 Å². The molecule has 4 aliphatic heterocycles. The third-order valence-corrected chi connectivity index (χ3v) is 7.81. The van der Waals surface area contributed by atoms with Crippen molar-refractivity contribution in [3.8, 4) is 0 Å². The Kier molecular flexibility index (Phi) is 5.40. The third-order valence-electron chi connectivity index (χ3n) is 7.81. The fourth-order valence-corrected chi connectivity index (χ4v) is 6.15. The van der Waals surface area contributed by atoms with Gasteiger partial charge in [-0.25, -0.2) is 0 Å². The number of hydrogen-bond acceptors (Lipinski definition) is 9. The Bertz CT molecular complexity index is 570. The minimum atomic E-state index is -1.10. The molecule has 5 aliphatic rings. The number of hydrogen-bond donors (Lipinski definition) is 6. The van der Waals surface area contributed by atoms with E-state index in [4.69, 9.17) is 15.2 Å². The minimum absolute atomic E-state index is 0.00122. The van der Waals surface area contributed by atoms with Crippen LogP contribution in [0.3, 0.4) is 0 Å². The highest BCUT2D eigenvalue weighted by molar-refractivity contribution is 5.02. The molecule has 0 aromatic carbocycles. The summed E-state index contributed by atoms with van der Waals surface area (Å²) in [5.74, 6) is 0.857. The van der Waals surface area contributed by atoms with Crippen LogP contribution in [0.25, 0.3) is 0 Å². The molecule has 7 N–H and O–H groups in total. The Labute approximate surface area is 165 Å². The van der Waals surface area contributed by atoms with E-state index in [1.165, 1.54) is 0 Å². The molecule has 4 saturated heterocycles. The van der Waals surface area contributed by atoms with Crippen LogP contribution in [0.15, 0.2) is 0 Å². The smallest absolute Gasteiger partial charge is 0.141 e. The zero-order valence-corrected chi connectivity index (χ0v) is 16.2. The lowest BCUT2D eigenvalue weighted by Crippen LogP contribution is -2.64. The monoisotopic (exact) mass is 398 g/mol. The average Bonchev–Trinajstić information content (AvgIpc) is 3.40. The maximum atomic E-state index is 11.0. The van der Waals surface area contributed by atoms with Gasteiger partial charge in [-0.3, -0.25) is 15.5 Å². The molecule has 0 radical (unpaired) electrons. The van der Waals surface area contributed by atoms with E-state index in [1.807, 2.05) is 0 Å². The first-order chi connectivity index (χ1) is 13.5. The Balaban J connectivity index is 1.26. The largest absolute Gasteiger partial charge is 0.390 e. The molecule has 5 fully saturated rings. The second kappa shape index (κ2) is 7.72. The maximum Gasteiger partial charge on any atom is 0.141 e. The van der Waals surface area contributed by atoms with Crippen molar-refractivity contribution in [3.63, 3.8) is 0 Å². The summed E-state index contributed by atoms with van der Waals surface area (Å²) in [5, 5.41) is 39.0. The molecule has 28 heavy (non-hydrogen) atoms. The van der Waals surface area contributed by atoms with Crippen molar-refractivity contribution >= 4 is 0 Å². The number of aliphatic hydroxyl groups excluding tert-OH is 3. The van der Waals surface area contributed by atoms with Gasteiger partial charge < -0.3 is 30.5 Å². The molecule has 11 atom stereocenters. The number of nitrogens with two attached hydrogens (primary N) is 1. The fourth-order valence-electron chi connectivity index (χ4n) is 6.15. The van der Waals surface area contributed by atoms with Crippen molar-refractivity contribution < 1.29 is 24.8 Å². The van der Waals surface area contributed by atoms with Crippen molar-refractivity contribution in [1.82, 2.24) is 15.5 Å². The summed E-state index contributed by atoms with van der Waals surface area (Å²) in [6.45, 7) is 2.14. The lowest BCUT2D eigenvalue weighted by atomic mass is 9.76. The second-order valence-electron chi connectivity index (χ2n) is 9.24. The van der Waals surface area contributed by atoms with Crippen molar-refractivity contribution in [2.24, 2.45) is 23.5 Å². The molecule has 1 saturated carbocycles. The molecule has 0 spiro atoms. The van der Waals surface area contributed by atoms with Gasteiger partial charge in [0.2, 0.25) is 0 Å². The summed E-state index contributed by atoms with van der Waals surface area (Å²) >= 11 is 0. The number of ether oxygens (including phenoxy) is 2. The first kappa shape index (κ1) is 19.6. The average molecular weight is 399 g/mol. The van der Waals surface area contributed by atoms with Crippen LogP contribution in [-0.2, 0) is 9.47 Å². The molecule has 0 aromatic rings. The van der Waals surface area contributed by atoms with Gasteiger partial charge in [-0.15, -0.1) is 0 Å². The van der Waals surface area contributed by atoms with E-state index in [-0.39, 0.29) is 30.3 Å². The van der Waals surface area contributed by atoms with Crippen LogP contribution in [-0.4, -0.2) is 89.1 Å². The standard InChI is InChI=1S/C19H34N4O5/c20-17-11-3-5-23(18(11)22-8-21-17)19-15(26)14(25)16(28-19)13(24)10-2-1-9-4-6-27-12(9)7-10/h9-19,21-22,24-26H,1-8,20H2/t9?,10?,11?,12?,13-,14+,15-,16-,17?,18?,19-/m1/s1. The van der Waals surface area contributed by atoms with E-state index < -0.39 is 30.6 Å². The Morgan fingerprint density at radius 3 is 2.79 bits per heavy atom.